The van der Waals surface area contributed by atoms with Crippen LogP contribution in [0.2, 0.25) is 0 Å². The van der Waals surface area contributed by atoms with Crippen molar-refractivity contribution < 1.29 is 72.2 Å². The fourth-order valence-electron chi connectivity index (χ4n) is 13.8. The number of aryl methyl sites for hydroxylation is 9. The van der Waals surface area contributed by atoms with E-state index in [4.69, 9.17) is 0 Å². The zero-order chi connectivity index (χ0) is 86.9. The van der Waals surface area contributed by atoms with Crippen molar-refractivity contribution in [2.75, 3.05) is 60.3 Å². The predicted molar refractivity (Wildman–Crippen MR) is 440 cm³/mol. The number of unbranched alkanes of at least 4 members (excludes halogenated alkanes) is 1. The second-order valence-corrected chi connectivity index (χ2v) is 30.2. The number of Topliss-reactive ketones (excluding diaryl/α,β-unsaturated/α-hetero) is 8. The smallest absolute Gasteiger partial charge is 0.292 e. The Balaban J connectivity index is 0.588. The molecule has 0 spiro atoms. The van der Waals surface area contributed by atoms with Crippen LogP contribution in [0.25, 0.3) is 0 Å². The first kappa shape index (κ1) is 88.7. The second-order valence-electron chi connectivity index (χ2n) is 30.2. The largest absolute Gasteiger partial charge is 0.367 e. The molecule has 0 aliphatic rings. The van der Waals surface area contributed by atoms with Crippen LogP contribution in [0.5, 0.6) is 0 Å². The Labute approximate surface area is 690 Å². The number of aromatic nitrogens is 15. The SMILES string of the molecule is CC(=O)Nc1cc(C(=O)Nc2cn(C)c(C(=O)NCCC(=O)Nc3cn(C)c(C(=O)Nc4cn(C)c(C(O)Nc5c[nH]c(C(=O)NCCCC(=O)Cc6cn(C)c(C(=O)Cc7cc(C(=O)CCCC(=O)Cc8cn(C)c(C(=O)Cc9cc(C(=O)Cc%10cc(C(=O)CCCC(=O)CCCCN(C)C)n(C)c%10)n(C)c9)n8)n(C)c7)n6)c5)n4)n3)n2)n(C)c1. The maximum atomic E-state index is 13.6. The number of nitrogens with zero attached hydrogens (tertiary/aromatic N) is 15. The summed E-state index contributed by atoms with van der Waals surface area (Å²) < 4.78 is 13.9. The van der Waals surface area contributed by atoms with Gasteiger partial charge in [-0.2, -0.15) is 0 Å². The number of hydrogen-bond acceptors (Lipinski definition) is 22. The first-order valence-corrected chi connectivity index (χ1v) is 39.0. The molecule has 0 saturated heterocycles. The van der Waals surface area contributed by atoms with Crippen molar-refractivity contribution in [1.29, 1.82) is 0 Å². The minimum Gasteiger partial charge on any atom is -0.367 e. The van der Waals surface area contributed by atoms with Crippen molar-refractivity contribution in [2.45, 2.75) is 122 Å². The van der Waals surface area contributed by atoms with Crippen LogP contribution in [0.3, 0.4) is 0 Å². The molecule has 1 unspecified atom stereocenters. The Morgan fingerprint density at radius 3 is 1.42 bits per heavy atom. The molecule has 120 heavy (non-hydrogen) atoms. The molecule has 0 bridgehead atoms. The Kier molecular flexibility index (Phi) is 29.6. The molecule has 10 rings (SSSR count). The molecule has 1 atom stereocenters. The molecule has 0 radical (unpaired) electrons. The zero-order valence-electron chi connectivity index (χ0n) is 69.3. The van der Waals surface area contributed by atoms with Crippen LogP contribution in [-0.2, 0) is 120 Å². The first-order chi connectivity index (χ1) is 57.0. The predicted octanol–water partition coefficient (Wildman–Crippen LogP) is 5.78. The normalized spacial score (nSPS) is 11.6. The van der Waals surface area contributed by atoms with Gasteiger partial charge in [0.25, 0.3) is 23.6 Å². The van der Waals surface area contributed by atoms with Crippen molar-refractivity contribution in [3.05, 3.63) is 178 Å². The highest BCUT2D eigenvalue weighted by Crippen LogP contribution is 2.24. The lowest BCUT2D eigenvalue weighted by Crippen LogP contribution is -2.29. The number of aliphatic hydroxyl groups is 1. The highest BCUT2D eigenvalue weighted by atomic mass is 16.3. The van der Waals surface area contributed by atoms with Gasteiger partial charge in [-0.25, -0.2) is 24.9 Å². The molecule has 634 valence electrons. The summed E-state index contributed by atoms with van der Waals surface area (Å²) in [4.78, 5) is 209. The molecule has 38 heteroatoms. The second kappa shape index (κ2) is 40.0. The van der Waals surface area contributed by atoms with Gasteiger partial charge in [0, 0.05) is 210 Å². The Morgan fingerprint density at radius 2 is 0.858 bits per heavy atom. The van der Waals surface area contributed by atoms with E-state index in [0.29, 0.717) is 82.2 Å². The molecular formula is C82H101N23O15. The first-order valence-electron chi connectivity index (χ1n) is 39.0. The summed E-state index contributed by atoms with van der Waals surface area (Å²) in [6, 6.07) is 7.97. The summed E-state index contributed by atoms with van der Waals surface area (Å²) in [7, 11) is 18.8. The van der Waals surface area contributed by atoms with Crippen molar-refractivity contribution >= 4 is 111 Å². The van der Waals surface area contributed by atoms with E-state index >= 15 is 0 Å². The summed E-state index contributed by atoms with van der Waals surface area (Å²) in [6.07, 6.45) is 18.0. The van der Waals surface area contributed by atoms with E-state index in [1.807, 2.05) is 14.1 Å². The number of ketones is 8. The topological polar surface area (TPSA) is 471 Å². The lowest BCUT2D eigenvalue weighted by Gasteiger charge is -2.12. The van der Waals surface area contributed by atoms with Gasteiger partial charge in [0.1, 0.15) is 28.7 Å². The van der Waals surface area contributed by atoms with Gasteiger partial charge < -0.3 is 93.3 Å². The highest BCUT2D eigenvalue weighted by molar-refractivity contribution is 6.06. The number of amides is 6. The fourth-order valence-corrected chi connectivity index (χ4v) is 13.8. The van der Waals surface area contributed by atoms with E-state index in [2.05, 4.69) is 72.0 Å². The number of aromatic amines is 1. The summed E-state index contributed by atoms with van der Waals surface area (Å²) in [5, 5.41) is 29.8. The lowest BCUT2D eigenvalue weighted by molar-refractivity contribution is -0.119. The molecule has 0 saturated carbocycles. The van der Waals surface area contributed by atoms with E-state index in [1.54, 1.807) is 130 Å². The summed E-state index contributed by atoms with van der Waals surface area (Å²) in [6.45, 7) is 2.31. The Morgan fingerprint density at radius 1 is 0.392 bits per heavy atom. The molecule has 10 aromatic rings. The Hall–Kier alpha value is -13.7. The van der Waals surface area contributed by atoms with Crippen molar-refractivity contribution in [2.24, 2.45) is 63.4 Å². The van der Waals surface area contributed by atoms with Crippen LogP contribution in [0.15, 0.2) is 92.3 Å². The molecule has 6 amide bonds. The van der Waals surface area contributed by atoms with Gasteiger partial charge in [0.15, 0.2) is 58.5 Å². The van der Waals surface area contributed by atoms with Gasteiger partial charge in [0.05, 0.1) is 52.7 Å². The van der Waals surface area contributed by atoms with Crippen molar-refractivity contribution in [3.63, 3.8) is 0 Å². The van der Waals surface area contributed by atoms with Gasteiger partial charge in [-0.1, -0.05) is 0 Å². The maximum absolute atomic E-state index is 13.6. The number of nitrogens with one attached hydrogen (secondary N) is 8. The third-order valence-corrected chi connectivity index (χ3v) is 19.7. The molecule has 0 aliphatic carbocycles. The van der Waals surface area contributed by atoms with Crippen molar-refractivity contribution in [1.82, 2.24) is 86.5 Å². The average molecular weight is 1650 g/mol. The van der Waals surface area contributed by atoms with Gasteiger partial charge in [-0.3, -0.25) is 67.1 Å². The number of carbonyl (C=O) groups is 14. The Bertz CT molecular complexity index is 5560. The quantitative estimate of drug-likeness (QED) is 0.0124. The maximum Gasteiger partial charge on any atom is 0.292 e. The molecular weight excluding hydrogens is 1550 g/mol. The van der Waals surface area contributed by atoms with Crippen LogP contribution in [-0.4, -0.2) is 196 Å². The minimum atomic E-state index is -1.42. The number of carbonyl (C=O) groups excluding carboxylic acids is 14. The van der Waals surface area contributed by atoms with Gasteiger partial charge in [0.2, 0.25) is 35.0 Å². The molecule has 0 aliphatic heterocycles. The number of hydrogen-bond donors (Lipinski definition) is 9. The van der Waals surface area contributed by atoms with Crippen LogP contribution in [0, 0.1) is 0 Å². The fraction of sp³-hybridized carbons (Fsp3) is 0.402. The number of imidazole rings is 5. The third kappa shape index (κ3) is 24.0. The van der Waals surface area contributed by atoms with E-state index in [0.717, 1.165) is 19.4 Å². The van der Waals surface area contributed by atoms with E-state index in [1.165, 1.54) is 73.7 Å². The highest BCUT2D eigenvalue weighted by Gasteiger charge is 2.27. The number of aliphatic hydroxyl groups excluding tert-OH is 1. The summed E-state index contributed by atoms with van der Waals surface area (Å²) in [5.41, 5.74) is 4.95. The molecule has 0 aromatic carbocycles. The molecule has 10 aromatic heterocycles. The zero-order valence-corrected chi connectivity index (χ0v) is 69.3. The van der Waals surface area contributed by atoms with Crippen LogP contribution in [0.1, 0.15) is 219 Å². The molecule has 10 heterocycles. The van der Waals surface area contributed by atoms with Crippen LogP contribution >= 0.6 is 0 Å². The number of anilines is 5. The third-order valence-electron chi connectivity index (χ3n) is 19.7. The molecule has 9 N–H and O–H groups in total. The van der Waals surface area contributed by atoms with Gasteiger partial charge in [-0.05, 0) is 99.8 Å². The lowest BCUT2D eigenvalue weighted by atomic mass is 10.0. The summed E-state index contributed by atoms with van der Waals surface area (Å²) >= 11 is 0. The molecule has 0 fully saturated rings. The van der Waals surface area contributed by atoms with E-state index in [-0.39, 0.29) is 194 Å². The van der Waals surface area contributed by atoms with Gasteiger partial charge in [-0.15, -0.1) is 0 Å². The number of rotatable bonds is 46. The van der Waals surface area contributed by atoms with E-state index in [9.17, 15) is 72.2 Å². The average Bonchev–Trinajstić information content (AvgIpc) is 1.68. The van der Waals surface area contributed by atoms with Crippen LogP contribution in [0.4, 0.5) is 28.8 Å². The number of H-pyrrole nitrogens is 1. The van der Waals surface area contributed by atoms with Crippen LogP contribution < -0.4 is 37.2 Å². The minimum absolute atomic E-state index is 0.0350. The standard InChI is InChI=1S/C82H101N23O15/c1-48(106)86-55-37-63(100(7)42-55)79(117)94-70-46-103(10)75(92-70)80(118)84-26-24-72(115)90-69-45-104(11)77(91-69)82(120)95-71-47-105(12)76(93-71)81(119)89-52-36-59(85-38-52)78(116)83-25-17-21-58(109)35-54-44-102(9)73(88-54)67(113)32-50-29-61(98(5)40-50)65(111)23-16-20-57(108)34-53-43-101(8)74(87-53)68(114)33-51-30-62(99(6)41-51)66(112)31-49-28-60(97(4)39-49)64(110)22-15-19-56(107)18-13-14-27-96(2)3/h28-30,36-47,81,85,89,119H,13-27,31-35H2,1-12H3,(H,83,116)(H,84,118)(H,86,106)(H,90,115)(H,94,117)(H,95,120). The molecule has 38 nitrogen and oxygen atoms in total. The summed E-state index contributed by atoms with van der Waals surface area (Å²) in [5.74, 6) is -4.13. The monoisotopic (exact) mass is 1650 g/mol. The van der Waals surface area contributed by atoms with Crippen molar-refractivity contribution in [3.8, 4) is 0 Å². The van der Waals surface area contributed by atoms with Gasteiger partial charge >= 0.3 is 0 Å². The van der Waals surface area contributed by atoms with E-state index < -0.39 is 35.8 Å².